The molecule has 3 rings (SSSR count). The molecule has 2 aromatic rings. The molecule has 1 heterocycles. The fourth-order valence-electron chi connectivity index (χ4n) is 2.60. The number of anilines is 1. The van der Waals surface area contributed by atoms with Crippen LogP contribution in [0.5, 0.6) is 5.75 Å². The summed E-state index contributed by atoms with van der Waals surface area (Å²) < 4.78 is 44.8. The molecule has 0 bridgehead atoms. The molecule has 146 valence electrons. The summed E-state index contributed by atoms with van der Waals surface area (Å²) in [5.41, 5.74) is -0.0296. The summed E-state index contributed by atoms with van der Waals surface area (Å²) in [4.78, 5) is 14.3. The third-order valence-electron chi connectivity index (χ3n) is 3.89. The first kappa shape index (κ1) is 20.4. The van der Waals surface area contributed by atoms with Crippen LogP contribution in [0.4, 0.5) is 18.9 Å². The van der Waals surface area contributed by atoms with E-state index in [0.717, 1.165) is 35.2 Å². The Morgan fingerprint density at radius 1 is 1.18 bits per heavy atom. The lowest BCUT2D eigenvalue weighted by molar-refractivity contribution is -0.137. The van der Waals surface area contributed by atoms with Crippen LogP contribution in [0.1, 0.15) is 24.5 Å². The van der Waals surface area contributed by atoms with E-state index in [1.165, 1.54) is 12.1 Å². The van der Waals surface area contributed by atoms with E-state index in [1.807, 2.05) is 25.1 Å². The van der Waals surface area contributed by atoms with Crippen LogP contribution in [0.15, 0.2) is 53.4 Å². The summed E-state index contributed by atoms with van der Waals surface area (Å²) in [6, 6.07) is 11.8. The van der Waals surface area contributed by atoms with E-state index < -0.39 is 17.6 Å². The van der Waals surface area contributed by atoms with E-state index in [1.54, 1.807) is 12.1 Å². The van der Waals surface area contributed by atoms with E-state index in [0.29, 0.717) is 22.8 Å². The first-order valence-electron chi connectivity index (χ1n) is 8.48. The van der Waals surface area contributed by atoms with Gasteiger partial charge in [0.2, 0.25) is 0 Å². The molecule has 1 saturated heterocycles. The number of thiocarbonyl (C=S) groups is 1. The summed E-state index contributed by atoms with van der Waals surface area (Å²) in [6.07, 6.45) is -2.01. The van der Waals surface area contributed by atoms with Crippen LogP contribution in [0.25, 0.3) is 6.08 Å². The Kier molecular flexibility index (Phi) is 6.10. The van der Waals surface area contributed by atoms with Crippen molar-refractivity contribution in [3.63, 3.8) is 0 Å². The quantitative estimate of drug-likeness (QED) is 0.442. The maximum Gasteiger partial charge on any atom is 0.416 e. The number of rotatable bonds is 5. The van der Waals surface area contributed by atoms with Gasteiger partial charge in [-0.3, -0.25) is 9.69 Å². The van der Waals surface area contributed by atoms with Crippen LogP contribution in [-0.4, -0.2) is 16.8 Å². The number of thioether (sulfide) groups is 1. The molecule has 1 aliphatic heterocycles. The molecule has 0 aliphatic carbocycles. The van der Waals surface area contributed by atoms with Gasteiger partial charge in [-0.25, -0.2) is 0 Å². The average molecular weight is 423 g/mol. The van der Waals surface area contributed by atoms with E-state index in [-0.39, 0.29) is 10.0 Å². The van der Waals surface area contributed by atoms with Crippen molar-refractivity contribution < 1.29 is 22.7 Å². The largest absolute Gasteiger partial charge is 0.493 e. The molecular formula is C20H16F3NO2S2. The topological polar surface area (TPSA) is 29.5 Å². The lowest BCUT2D eigenvalue weighted by atomic mass is 10.1. The van der Waals surface area contributed by atoms with Gasteiger partial charge in [-0.1, -0.05) is 55.2 Å². The zero-order valence-corrected chi connectivity index (χ0v) is 16.5. The second-order valence-electron chi connectivity index (χ2n) is 5.95. The maximum absolute atomic E-state index is 13.0. The number of hydrogen-bond donors (Lipinski definition) is 0. The summed E-state index contributed by atoms with van der Waals surface area (Å²) in [5.74, 6) is 0.174. The highest BCUT2D eigenvalue weighted by Crippen LogP contribution is 2.39. The molecule has 0 N–H and O–H groups in total. The minimum absolute atomic E-state index is 0.0937. The molecule has 0 aromatic heterocycles. The maximum atomic E-state index is 13.0. The number of ether oxygens (including phenoxy) is 1. The molecule has 3 nitrogen and oxygen atoms in total. The van der Waals surface area contributed by atoms with Crippen LogP contribution in [0.2, 0.25) is 0 Å². The van der Waals surface area contributed by atoms with Gasteiger partial charge in [0, 0.05) is 5.56 Å². The van der Waals surface area contributed by atoms with E-state index >= 15 is 0 Å². The fraction of sp³-hybridized carbons (Fsp3) is 0.200. The van der Waals surface area contributed by atoms with Gasteiger partial charge in [0.05, 0.1) is 22.8 Å². The molecule has 1 fully saturated rings. The highest BCUT2D eigenvalue weighted by atomic mass is 32.2. The summed E-state index contributed by atoms with van der Waals surface area (Å²) in [7, 11) is 0. The lowest BCUT2D eigenvalue weighted by Gasteiger charge is -2.16. The zero-order chi connectivity index (χ0) is 20.3. The van der Waals surface area contributed by atoms with Gasteiger partial charge in [0.15, 0.2) is 4.32 Å². The van der Waals surface area contributed by atoms with Gasteiger partial charge in [-0.15, -0.1) is 0 Å². The molecule has 8 heteroatoms. The molecule has 0 saturated carbocycles. The molecule has 1 amide bonds. The SMILES string of the molecule is CCCOc1ccccc1/C=C1\SC(=S)N(c2cccc(C(F)(F)F)c2)C1=O. The molecule has 2 aromatic carbocycles. The smallest absolute Gasteiger partial charge is 0.416 e. The predicted molar refractivity (Wildman–Crippen MR) is 109 cm³/mol. The number of nitrogens with zero attached hydrogens (tertiary/aromatic N) is 1. The Morgan fingerprint density at radius 3 is 2.64 bits per heavy atom. The second-order valence-corrected chi connectivity index (χ2v) is 7.63. The van der Waals surface area contributed by atoms with Crippen LogP contribution in [0, 0.1) is 0 Å². The number of carbonyl (C=O) groups excluding carboxylic acids is 1. The fourth-order valence-corrected chi connectivity index (χ4v) is 3.89. The van der Waals surface area contributed by atoms with Crippen molar-refractivity contribution in [2.24, 2.45) is 0 Å². The minimum Gasteiger partial charge on any atom is -0.493 e. The van der Waals surface area contributed by atoms with Gasteiger partial charge in [-0.2, -0.15) is 13.2 Å². The predicted octanol–water partition coefficient (Wildman–Crippen LogP) is 5.90. The van der Waals surface area contributed by atoms with Crippen LogP contribution in [0.3, 0.4) is 0 Å². The van der Waals surface area contributed by atoms with Crippen molar-refractivity contribution in [3.05, 3.63) is 64.6 Å². The summed E-state index contributed by atoms with van der Waals surface area (Å²) in [5, 5.41) is 0. The Balaban J connectivity index is 1.92. The third-order valence-corrected chi connectivity index (χ3v) is 5.19. The number of benzene rings is 2. The molecule has 1 aliphatic rings. The Bertz CT molecular complexity index is 941. The van der Waals surface area contributed by atoms with Gasteiger partial charge < -0.3 is 4.74 Å². The molecule has 0 atom stereocenters. The normalized spacial score (nSPS) is 16.1. The number of hydrogen-bond acceptors (Lipinski definition) is 4. The van der Waals surface area contributed by atoms with Gasteiger partial charge in [-0.05, 0) is 36.8 Å². The highest BCUT2D eigenvalue weighted by molar-refractivity contribution is 8.27. The van der Waals surface area contributed by atoms with Crippen molar-refractivity contribution in [1.82, 2.24) is 0 Å². The Morgan fingerprint density at radius 2 is 1.93 bits per heavy atom. The molecule has 0 spiro atoms. The Hall–Kier alpha value is -2.32. The van der Waals surface area contributed by atoms with Gasteiger partial charge >= 0.3 is 6.18 Å². The van der Waals surface area contributed by atoms with E-state index in [9.17, 15) is 18.0 Å². The average Bonchev–Trinajstić information content (AvgIpc) is 2.94. The molecular weight excluding hydrogens is 407 g/mol. The van der Waals surface area contributed by atoms with E-state index in [4.69, 9.17) is 17.0 Å². The van der Waals surface area contributed by atoms with E-state index in [2.05, 4.69) is 0 Å². The van der Waals surface area contributed by atoms with Crippen molar-refractivity contribution in [2.45, 2.75) is 19.5 Å². The first-order chi connectivity index (χ1) is 13.3. The zero-order valence-electron chi connectivity index (χ0n) is 14.8. The first-order valence-corrected chi connectivity index (χ1v) is 9.70. The van der Waals surface area contributed by atoms with Crippen molar-refractivity contribution in [2.75, 3.05) is 11.5 Å². The van der Waals surface area contributed by atoms with Crippen LogP contribution < -0.4 is 9.64 Å². The van der Waals surface area contributed by atoms with Crippen molar-refractivity contribution >= 4 is 46.0 Å². The number of alkyl halides is 3. The van der Waals surface area contributed by atoms with Gasteiger partial charge in [0.1, 0.15) is 5.75 Å². The Labute approximate surface area is 170 Å². The second kappa shape index (κ2) is 8.36. The molecule has 0 radical (unpaired) electrons. The van der Waals surface area contributed by atoms with Gasteiger partial charge in [0.25, 0.3) is 5.91 Å². The van der Waals surface area contributed by atoms with Crippen molar-refractivity contribution in [1.29, 1.82) is 0 Å². The number of carbonyl (C=O) groups is 1. The molecule has 0 unspecified atom stereocenters. The monoisotopic (exact) mass is 423 g/mol. The minimum atomic E-state index is -4.50. The lowest BCUT2D eigenvalue weighted by Crippen LogP contribution is -2.27. The standard InChI is InChI=1S/C20H16F3NO2S2/c1-2-10-26-16-9-4-3-6-13(16)11-17-18(25)24(19(27)28-17)15-8-5-7-14(12-15)20(21,22)23/h3-9,11-12H,2,10H2,1H3/b17-11-. The number of halogens is 3. The number of para-hydroxylation sites is 1. The summed E-state index contributed by atoms with van der Waals surface area (Å²) >= 11 is 6.30. The number of amides is 1. The third kappa shape index (κ3) is 4.39. The van der Waals surface area contributed by atoms with Crippen LogP contribution >= 0.6 is 24.0 Å². The molecule has 28 heavy (non-hydrogen) atoms. The van der Waals surface area contributed by atoms with Crippen LogP contribution in [-0.2, 0) is 11.0 Å². The van der Waals surface area contributed by atoms with Crippen molar-refractivity contribution in [3.8, 4) is 5.75 Å². The highest BCUT2D eigenvalue weighted by Gasteiger charge is 2.36. The summed E-state index contributed by atoms with van der Waals surface area (Å²) in [6.45, 7) is 2.53.